The Morgan fingerprint density at radius 3 is 2.54 bits per heavy atom. The van der Waals surface area contributed by atoms with Crippen LogP contribution in [0.25, 0.3) is 0 Å². The Hall–Kier alpha value is -2.14. The van der Waals surface area contributed by atoms with E-state index in [1.165, 1.54) is 13.8 Å². The summed E-state index contributed by atoms with van der Waals surface area (Å²) in [5, 5.41) is 0. The van der Waals surface area contributed by atoms with Gasteiger partial charge < -0.3 is 14.2 Å². The van der Waals surface area contributed by atoms with Crippen molar-refractivity contribution in [3.63, 3.8) is 0 Å². The quantitative estimate of drug-likeness (QED) is 0.573. The number of carbonyl (C=O) groups is 2. The number of carbonyl (C=O) groups excluding carboxylic acids is 2. The Bertz CT molecular complexity index is 652. The van der Waals surface area contributed by atoms with Gasteiger partial charge in [-0.2, -0.15) is 0 Å². The Balaban J connectivity index is 2.32. The molecule has 1 aromatic carbocycles. The second-order valence-corrected chi connectivity index (χ2v) is 6.93. The highest BCUT2D eigenvalue weighted by Gasteiger charge is 2.44. The first-order valence-electron chi connectivity index (χ1n) is 8.99. The fraction of sp³-hybridized carbons (Fsp3) is 0.524. The highest BCUT2D eigenvalue weighted by Crippen LogP contribution is 2.40. The minimum atomic E-state index is -0.407. The summed E-state index contributed by atoms with van der Waals surface area (Å²) in [5.74, 6) is -0.531. The average molecular weight is 360 g/mol. The van der Waals surface area contributed by atoms with Crippen LogP contribution in [0.4, 0.5) is 0 Å². The molecule has 0 aromatic heterocycles. The van der Waals surface area contributed by atoms with Gasteiger partial charge in [-0.05, 0) is 23.5 Å². The monoisotopic (exact) mass is 360 g/mol. The van der Waals surface area contributed by atoms with Crippen molar-refractivity contribution in [2.24, 2.45) is 11.8 Å². The first kappa shape index (κ1) is 20.2. The largest absolute Gasteiger partial charge is 0.463 e. The van der Waals surface area contributed by atoms with Crippen LogP contribution >= 0.6 is 0 Å². The number of hydrogen-bond acceptors (Lipinski definition) is 5. The minimum Gasteiger partial charge on any atom is -0.463 e. The first-order valence-corrected chi connectivity index (χ1v) is 8.99. The summed E-state index contributed by atoms with van der Waals surface area (Å²) >= 11 is 0. The summed E-state index contributed by atoms with van der Waals surface area (Å²) in [6.45, 7) is 10.8. The van der Waals surface area contributed by atoms with E-state index in [0.717, 1.165) is 17.5 Å². The zero-order valence-electron chi connectivity index (χ0n) is 15.9. The summed E-state index contributed by atoms with van der Waals surface area (Å²) in [5.41, 5.74) is 2.06. The molecule has 1 heterocycles. The normalized spacial score (nSPS) is 28.2. The molecule has 5 nitrogen and oxygen atoms in total. The smallest absolute Gasteiger partial charge is 0.303 e. The predicted molar refractivity (Wildman–Crippen MR) is 98.5 cm³/mol. The summed E-state index contributed by atoms with van der Waals surface area (Å²) in [6.07, 6.45) is 1.54. The number of allylic oxidation sites excluding steroid dienone is 1. The molecule has 0 aliphatic carbocycles. The van der Waals surface area contributed by atoms with Gasteiger partial charge in [-0.25, -0.2) is 0 Å². The molecule has 0 spiro atoms. The van der Waals surface area contributed by atoms with Crippen LogP contribution in [0.15, 0.2) is 36.9 Å². The summed E-state index contributed by atoms with van der Waals surface area (Å²) in [7, 11) is 0. The second kappa shape index (κ2) is 8.99. The van der Waals surface area contributed by atoms with Crippen LogP contribution in [0, 0.1) is 11.8 Å². The maximum atomic E-state index is 11.6. The van der Waals surface area contributed by atoms with Gasteiger partial charge in [0.2, 0.25) is 0 Å². The molecule has 1 saturated heterocycles. The van der Waals surface area contributed by atoms with E-state index in [1.54, 1.807) is 0 Å². The summed E-state index contributed by atoms with van der Waals surface area (Å²) < 4.78 is 17.1. The van der Waals surface area contributed by atoms with Gasteiger partial charge in [-0.1, -0.05) is 44.2 Å². The molecule has 0 unspecified atom stereocenters. The molecule has 1 aliphatic rings. The van der Waals surface area contributed by atoms with Crippen molar-refractivity contribution in [3.05, 3.63) is 48.0 Å². The van der Waals surface area contributed by atoms with Gasteiger partial charge in [0.15, 0.2) is 0 Å². The van der Waals surface area contributed by atoms with Gasteiger partial charge in [-0.15, -0.1) is 6.58 Å². The molecule has 5 heteroatoms. The third-order valence-electron chi connectivity index (χ3n) is 4.97. The molecule has 1 aliphatic heterocycles. The third kappa shape index (κ3) is 4.94. The van der Waals surface area contributed by atoms with Crippen LogP contribution < -0.4 is 0 Å². The standard InChI is InChI=1S/C21H28O5/c1-6-8-17-9-7-10-18(11-17)21-20(25-16(5)23)14(3)13(2)19(26-21)12-24-15(4)22/h6-7,9-11,13-14,19-21H,1,8,12H2,2-5H3/t13-,14-,19+,20-,21+/m0/s1. The lowest BCUT2D eigenvalue weighted by Gasteiger charge is -2.44. The first-order chi connectivity index (χ1) is 12.3. The van der Waals surface area contributed by atoms with Gasteiger partial charge >= 0.3 is 11.9 Å². The lowest BCUT2D eigenvalue weighted by Crippen LogP contribution is -2.48. The van der Waals surface area contributed by atoms with Gasteiger partial charge in [0.1, 0.15) is 18.8 Å². The maximum absolute atomic E-state index is 11.6. The Labute approximate surface area is 155 Å². The van der Waals surface area contributed by atoms with Gasteiger partial charge in [-0.3, -0.25) is 9.59 Å². The fourth-order valence-electron chi connectivity index (χ4n) is 3.39. The number of ether oxygens (including phenoxy) is 3. The highest BCUT2D eigenvalue weighted by atomic mass is 16.6. The summed E-state index contributed by atoms with van der Waals surface area (Å²) in [6, 6.07) is 8.01. The van der Waals surface area contributed by atoms with Gasteiger partial charge in [0.05, 0.1) is 6.10 Å². The van der Waals surface area contributed by atoms with E-state index in [9.17, 15) is 9.59 Å². The molecule has 0 saturated carbocycles. The third-order valence-corrected chi connectivity index (χ3v) is 4.97. The number of rotatable bonds is 6. The number of benzene rings is 1. The molecule has 0 bridgehead atoms. The predicted octanol–water partition coefficient (Wildman–Crippen LogP) is 3.62. The van der Waals surface area contributed by atoms with Crippen molar-refractivity contribution in [2.45, 2.75) is 52.4 Å². The molecule has 2 rings (SSSR count). The second-order valence-electron chi connectivity index (χ2n) is 6.93. The van der Waals surface area contributed by atoms with E-state index in [0.29, 0.717) is 0 Å². The topological polar surface area (TPSA) is 61.8 Å². The van der Waals surface area contributed by atoms with Crippen molar-refractivity contribution < 1.29 is 23.8 Å². The zero-order chi connectivity index (χ0) is 19.3. The highest BCUT2D eigenvalue weighted by molar-refractivity contribution is 5.66. The molecule has 5 atom stereocenters. The Kier molecular flexibility index (Phi) is 6.98. The maximum Gasteiger partial charge on any atom is 0.303 e. The molecule has 26 heavy (non-hydrogen) atoms. The van der Waals surface area contributed by atoms with E-state index in [2.05, 4.69) is 12.6 Å². The van der Waals surface area contributed by atoms with E-state index < -0.39 is 12.2 Å². The lowest BCUT2D eigenvalue weighted by atomic mass is 9.79. The molecule has 0 radical (unpaired) electrons. The van der Waals surface area contributed by atoms with Crippen LogP contribution in [0.2, 0.25) is 0 Å². The molecule has 0 N–H and O–H groups in total. The van der Waals surface area contributed by atoms with Gasteiger partial charge in [0, 0.05) is 19.8 Å². The van der Waals surface area contributed by atoms with Crippen molar-refractivity contribution in [3.8, 4) is 0 Å². The lowest BCUT2D eigenvalue weighted by molar-refractivity contribution is -0.205. The molecule has 142 valence electrons. The molecule has 0 amide bonds. The molecule has 1 fully saturated rings. The van der Waals surface area contributed by atoms with Crippen LogP contribution in [-0.2, 0) is 30.2 Å². The average Bonchev–Trinajstić information content (AvgIpc) is 2.58. The van der Waals surface area contributed by atoms with Gasteiger partial charge in [0.25, 0.3) is 0 Å². The van der Waals surface area contributed by atoms with E-state index in [1.807, 2.05) is 38.1 Å². The number of esters is 2. The van der Waals surface area contributed by atoms with E-state index in [4.69, 9.17) is 14.2 Å². The van der Waals surface area contributed by atoms with E-state index in [-0.39, 0.29) is 36.5 Å². The molecular formula is C21H28O5. The molecule has 1 aromatic rings. The van der Waals surface area contributed by atoms with Crippen LogP contribution in [0.1, 0.15) is 44.9 Å². The van der Waals surface area contributed by atoms with Crippen LogP contribution in [-0.4, -0.2) is 30.8 Å². The molecular weight excluding hydrogens is 332 g/mol. The van der Waals surface area contributed by atoms with Crippen LogP contribution in [0.3, 0.4) is 0 Å². The Morgan fingerprint density at radius 1 is 1.19 bits per heavy atom. The summed E-state index contributed by atoms with van der Waals surface area (Å²) in [4.78, 5) is 22.8. The fourth-order valence-corrected chi connectivity index (χ4v) is 3.39. The minimum absolute atomic E-state index is 0.0567. The van der Waals surface area contributed by atoms with Crippen molar-refractivity contribution >= 4 is 11.9 Å². The SMILES string of the molecule is C=CCc1cccc([C@H]2O[C@H](COC(C)=O)[C@@H](C)[C@H](C)[C@@H]2OC(C)=O)c1. The zero-order valence-corrected chi connectivity index (χ0v) is 15.9. The van der Waals surface area contributed by atoms with E-state index >= 15 is 0 Å². The van der Waals surface area contributed by atoms with Crippen molar-refractivity contribution in [1.29, 1.82) is 0 Å². The van der Waals surface area contributed by atoms with Crippen molar-refractivity contribution in [1.82, 2.24) is 0 Å². The van der Waals surface area contributed by atoms with Crippen molar-refractivity contribution in [2.75, 3.05) is 6.61 Å². The van der Waals surface area contributed by atoms with Crippen LogP contribution in [0.5, 0.6) is 0 Å². The Morgan fingerprint density at radius 2 is 1.92 bits per heavy atom. The number of hydrogen-bond donors (Lipinski definition) is 0.